The predicted molar refractivity (Wildman–Crippen MR) is 88.8 cm³/mol. The van der Waals surface area contributed by atoms with Crippen LogP contribution in [0.1, 0.15) is 37.7 Å². The molecule has 5 nitrogen and oxygen atoms in total. The highest BCUT2D eigenvalue weighted by Gasteiger charge is 2.26. The van der Waals surface area contributed by atoms with Gasteiger partial charge in [0.15, 0.2) is 0 Å². The summed E-state index contributed by atoms with van der Waals surface area (Å²) in [5, 5.41) is 4.25. The molecule has 3 heterocycles. The molecule has 1 fully saturated rings. The van der Waals surface area contributed by atoms with E-state index < -0.39 is 0 Å². The first-order valence-electron chi connectivity index (χ1n) is 8.49. The lowest BCUT2D eigenvalue weighted by Crippen LogP contribution is -2.44. The van der Waals surface area contributed by atoms with Gasteiger partial charge in [0, 0.05) is 50.3 Å². The fourth-order valence-electron chi connectivity index (χ4n) is 3.29. The van der Waals surface area contributed by atoms with E-state index in [4.69, 9.17) is 0 Å². The Morgan fingerprint density at radius 3 is 2.87 bits per heavy atom. The number of aryl methyl sites for hydroxylation is 2. The number of carbonyl (C=O) groups excluding carboxylic acids is 1. The summed E-state index contributed by atoms with van der Waals surface area (Å²) in [4.78, 5) is 18.8. The van der Waals surface area contributed by atoms with Crippen molar-refractivity contribution in [1.82, 2.24) is 19.7 Å². The highest BCUT2D eigenvalue weighted by atomic mass is 16.2. The van der Waals surface area contributed by atoms with E-state index in [1.165, 1.54) is 12.0 Å². The maximum absolute atomic E-state index is 12.6. The zero-order valence-corrected chi connectivity index (χ0v) is 13.5. The molecule has 1 amide bonds. The van der Waals surface area contributed by atoms with Crippen LogP contribution in [0, 0.1) is 0 Å². The lowest BCUT2D eigenvalue weighted by Gasteiger charge is -2.36. The molecule has 0 saturated carbocycles. The van der Waals surface area contributed by atoms with Gasteiger partial charge in [-0.1, -0.05) is 0 Å². The minimum absolute atomic E-state index is 0.284. The Labute approximate surface area is 137 Å². The molecule has 0 aliphatic carbocycles. The van der Waals surface area contributed by atoms with E-state index in [1.54, 1.807) is 18.6 Å². The molecule has 0 spiro atoms. The lowest BCUT2D eigenvalue weighted by atomic mass is 9.98. The standard InChI is InChI=1S/C18H24N4O/c23-18(6-5-16-7-11-19-12-8-16)22-14-2-1-4-17(22)9-15-21-13-3-10-20-21/h3,7-8,10-13,17H,1-2,4-6,9,14-15H2/t17-/m1/s1. The molecule has 23 heavy (non-hydrogen) atoms. The number of hydrogen-bond donors (Lipinski definition) is 0. The molecule has 1 atom stereocenters. The fourth-order valence-corrected chi connectivity index (χ4v) is 3.29. The maximum Gasteiger partial charge on any atom is 0.223 e. The van der Waals surface area contributed by atoms with Crippen molar-refractivity contribution in [2.75, 3.05) is 6.54 Å². The van der Waals surface area contributed by atoms with Gasteiger partial charge < -0.3 is 4.90 Å². The SMILES string of the molecule is O=C(CCc1ccncc1)N1CCCC[C@@H]1CCn1cccn1. The number of rotatable bonds is 6. The molecule has 3 rings (SSSR count). The highest BCUT2D eigenvalue weighted by molar-refractivity contribution is 5.76. The van der Waals surface area contributed by atoms with E-state index in [0.717, 1.165) is 38.8 Å². The summed E-state index contributed by atoms with van der Waals surface area (Å²) in [6.45, 7) is 1.78. The van der Waals surface area contributed by atoms with E-state index in [2.05, 4.69) is 15.0 Å². The zero-order chi connectivity index (χ0) is 15.9. The smallest absolute Gasteiger partial charge is 0.223 e. The third-order valence-corrected chi connectivity index (χ3v) is 4.57. The number of aromatic nitrogens is 3. The average molecular weight is 312 g/mol. The van der Waals surface area contributed by atoms with Crippen LogP contribution in [0.2, 0.25) is 0 Å². The van der Waals surface area contributed by atoms with Crippen LogP contribution in [-0.4, -0.2) is 38.2 Å². The first kappa shape index (κ1) is 15.7. The van der Waals surface area contributed by atoms with Gasteiger partial charge in [-0.25, -0.2) is 0 Å². The molecule has 122 valence electrons. The lowest BCUT2D eigenvalue weighted by molar-refractivity contribution is -0.135. The number of carbonyl (C=O) groups is 1. The minimum atomic E-state index is 0.284. The molecule has 1 aliphatic rings. The van der Waals surface area contributed by atoms with Crippen LogP contribution in [-0.2, 0) is 17.8 Å². The number of amides is 1. The van der Waals surface area contributed by atoms with Crippen molar-refractivity contribution in [3.63, 3.8) is 0 Å². The van der Waals surface area contributed by atoms with Crippen LogP contribution < -0.4 is 0 Å². The van der Waals surface area contributed by atoms with Gasteiger partial charge in [-0.2, -0.15) is 5.10 Å². The topological polar surface area (TPSA) is 51.0 Å². The van der Waals surface area contributed by atoms with Gasteiger partial charge in [-0.05, 0) is 55.9 Å². The Balaban J connectivity index is 1.53. The Bertz CT molecular complexity index is 597. The van der Waals surface area contributed by atoms with Crippen LogP contribution in [0.4, 0.5) is 0 Å². The highest BCUT2D eigenvalue weighted by Crippen LogP contribution is 2.21. The van der Waals surface area contributed by atoms with E-state index in [0.29, 0.717) is 12.5 Å². The third-order valence-electron chi connectivity index (χ3n) is 4.57. The molecule has 1 aliphatic heterocycles. The second-order valence-corrected chi connectivity index (χ2v) is 6.15. The molecule has 0 unspecified atom stereocenters. The Hall–Kier alpha value is -2.17. The predicted octanol–water partition coefficient (Wildman–Crippen LogP) is 2.68. The van der Waals surface area contributed by atoms with Crippen molar-refractivity contribution >= 4 is 5.91 Å². The summed E-state index contributed by atoms with van der Waals surface area (Å²) in [5.41, 5.74) is 1.18. The Morgan fingerprint density at radius 2 is 2.09 bits per heavy atom. The maximum atomic E-state index is 12.6. The van der Waals surface area contributed by atoms with Crippen LogP contribution in [0.5, 0.6) is 0 Å². The summed E-state index contributed by atoms with van der Waals surface area (Å²) in [6.07, 6.45) is 13.2. The Kier molecular flexibility index (Phi) is 5.40. The number of hydrogen-bond acceptors (Lipinski definition) is 3. The molecule has 2 aromatic heterocycles. The normalized spacial score (nSPS) is 18.1. The van der Waals surface area contributed by atoms with Crippen molar-refractivity contribution in [3.8, 4) is 0 Å². The monoisotopic (exact) mass is 312 g/mol. The molecule has 0 aromatic carbocycles. The van der Waals surface area contributed by atoms with Crippen molar-refractivity contribution in [2.24, 2.45) is 0 Å². The van der Waals surface area contributed by atoms with Gasteiger partial charge in [0.05, 0.1) is 0 Å². The Morgan fingerprint density at radius 1 is 1.22 bits per heavy atom. The quantitative estimate of drug-likeness (QED) is 0.824. The van der Waals surface area contributed by atoms with Gasteiger partial charge in [-0.15, -0.1) is 0 Å². The van der Waals surface area contributed by atoms with E-state index >= 15 is 0 Å². The fraction of sp³-hybridized carbons (Fsp3) is 0.500. The van der Waals surface area contributed by atoms with Crippen molar-refractivity contribution in [1.29, 1.82) is 0 Å². The summed E-state index contributed by atoms with van der Waals surface area (Å²) in [5.74, 6) is 0.284. The van der Waals surface area contributed by atoms with E-state index in [9.17, 15) is 4.79 Å². The molecule has 1 saturated heterocycles. The van der Waals surface area contributed by atoms with E-state index in [1.807, 2.05) is 29.1 Å². The summed E-state index contributed by atoms with van der Waals surface area (Å²) in [7, 11) is 0. The molecule has 0 bridgehead atoms. The minimum Gasteiger partial charge on any atom is -0.340 e. The number of piperidine rings is 1. The van der Waals surface area contributed by atoms with Crippen LogP contribution in [0.3, 0.4) is 0 Å². The van der Waals surface area contributed by atoms with Gasteiger partial charge in [0.25, 0.3) is 0 Å². The number of nitrogens with zero attached hydrogens (tertiary/aromatic N) is 4. The van der Waals surface area contributed by atoms with Crippen LogP contribution >= 0.6 is 0 Å². The first-order valence-corrected chi connectivity index (χ1v) is 8.49. The van der Waals surface area contributed by atoms with Gasteiger partial charge in [0.1, 0.15) is 0 Å². The number of pyridine rings is 1. The van der Waals surface area contributed by atoms with Gasteiger partial charge in [0.2, 0.25) is 5.91 Å². The average Bonchev–Trinajstić information content (AvgIpc) is 3.12. The summed E-state index contributed by atoms with van der Waals surface area (Å²) in [6, 6.07) is 6.27. The molecule has 0 radical (unpaired) electrons. The molecule has 0 N–H and O–H groups in total. The van der Waals surface area contributed by atoms with Crippen molar-refractivity contribution in [3.05, 3.63) is 48.5 Å². The summed E-state index contributed by atoms with van der Waals surface area (Å²) < 4.78 is 1.95. The molecule has 5 heteroatoms. The van der Waals surface area contributed by atoms with Crippen LogP contribution in [0.25, 0.3) is 0 Å². The zero-order valence-electron chi connectivity index (χ0n) is 13.5. The van der Waals surface area contributed by atoms with Crippen molar-refractivity contribution in [2.45, 2.75) is 51.1 Å². The number of likely N-dealkylation sites (tertiary alicyclic amines) is 1. The molecule has 2 aromatic rings. The second-order valence-electron chi connectivity index (χ2n) is 6.15. The first-order chi connectivity index (χ1) is 11.3. The van der Waals surface area contributed by atoms with Crippen LogP contribution in [0.15, 0.2) is 43.0 Å². The van der Waals surface area contributed by atoms with E-state index in [-0.39, 0.29) is 5.91 Å². The largest absolute Gasteiger partial charge is 0.340 e. The third kappa shape index (κ3) is 4.41. The molecular formula is C18H24N4O. The second kappa shape index (κ2) is 7.90. The molecular weight excluding hydrogens is 288 g/mol. The van der Waals surface area contributed by atoms with Crippen molar-refractivity contribution < 1.29 is 4.79 Å². The summed E-state index contributed by atoms with van der Waals surface area (Å²) >= 11 is 0. The van der Waals surface area contributed by atoms with Gasteiger partial charge >= 0.3 is 0 Å². The van der Waals surface area contributed by atoms with Gasteiger partial charge in [-0.3, -0.25) is 14.5 Å².